The van der Waals surface area contributed by atoms with Gasteiger partial charge in [-0.2, -0.15) is 0 Å². The minimum absolute atomic E-state index is 0.0392. The summed E-state index contributed by atoms with van der Waals surface area (Å²) in [6, 6.07) is 14.4. The van der Waals surface area contributed by atoms with E-state index in [-0.39, 0.29) is 17.7 Å². The number of para-hydroxylation sites is 1. The van der Waals surface area contributed by atoms with Crippen molar-refractivity contribution in [3.05, 3.63) is 53.5 Å². The van der Waals surface area contributed by atoms with Crippen LogP contribution in [0.15, 0.2) is 47.8 Å². The number of rotatable bonds is 3. The number of thiophene rings is 1. The van der Waals surface area contributed by atoms with Crippen LogP contribution in [0.3, 0.4) is 0 Å². The Hall–Kier alpha value is -2.80. The molecule has 2 fully saturated rings. The Morgan fingerprint density at radius 2 is 1.74 bits per heavy atom. The number of aryl methyl sites for hydroxylation is 1. The Labute approximate surface area is 186 Å². The standard InChI is InChI=1S/C24H28N4O2S/c1-25-20-9-15-31-22(20)16-21(25)24(30)28-10-5-6-18(17-28)23(29)27-13-11-26(12-14-27)19-7-3-2-4-8-19/h2-4,7-9,15-16,18H,5-6,10-14,17H2,1H3/t18-/m0/s1. The molecule has 162 valence electrons. The zero-order valence-corrected chi connectivity index (χ0v) is 18.7. The number of carbonyl (C=O) groups is 2. The zero-order chi connectivity index (χ0) is 21.4. The van der Waals surface area contributed by atoms with Gasteiger partial charge in [0.05, 0.1) is 16.1 Å². The molecule has 0 bridgehead atoms. The van der Waals surface area contributed by atoms with Gasteiger partial charge in [-0.25, -0.2) is 0 Å². The lowest BCUT2D eigenvalue weighted by molar-refractivity contribution is -0.137. The molecule has 3 aromatic rings. The van der Waals surface area contributed by atoms with E-state index in [1.807, 2.05) is 38.9 Å². The Morgan fingerprint density at radius 1 is 0.968 bits per heavy atom. The van der Waals surface area contributed by atoms with Gasteiger partial charge in [0.1, 0.15) is 5.69 Å². The van der Waals surface area contributed by atoms with Gasteiger partial charge < -0.3 is 19.3 Å². The molecular weight excluding hydrogens is 408 g/mol. The van der Waals surface area contributed by atoms with Gasteiger partial charge >= 0.3 is 0 Å². The number of aromatic nitrogens is 1. The number of fused-ring (bicyclic) bond motifs is 1. The van der Waals surface area contributed by atoms with Gasteiger partial charge in [0.15, 0.2) is 0 Å². The molecule has 2 aliphatic heterocycles. The number of hydrogen-bond acceptors (Lipinski definition) is 4. The van der Waals surface area contributed by atoms with Crippen molar-refractivity contribution >= 4 is 39.1 Å². The molecule has 0 N–H and O–H groups in total. The van der Waals surface area contributed by atoms with E-state index < -0.39 is 0 Å². The molecule has 1 atom stereocenters. The average Bonchev–Trinajstić information content (AvgIpc) is 3.42. The number of amides is 2. The third-order valence-electron chi connectivity index (χ3n) is 6.65. The van der Waals surface area contributed by atoms with Gasteiger partial charge in [-0.3, -0.25) is 9.59 Å². The van der Waals surface area contributed by atoms with E-state index in [2.05, 4.69) is 35.2 Å². The predicted octanol–water partition coefficient (Wildman–Crippen LogP) is 3.44. The van der Waals surface area contributed by atoms with Gasteiger partial charge in [-0.1, -0.05) is 18.2 Å². The van der Waals surface area contributed by atoms with Crippen molar-refractivity contribution in [2.24, 2.45) is 13.0 Å². The smallest absolute Gasteiger partial charge is 0.270 e. The second-order valence-electron chi connectivity index (χ2n) is 8.50. The number of anilines is 1. The van der Waals surface area contributed by atoms with Crippen molar-refractivity contribution in [1.82, 2.24) is 14.4 Å². The lowest BCUT2D eigenvalue weighted by Crippen LogP contribution is -2.53. The largest absolute Gasteiger partial charge is 0.368 e. The first-order valence-electron chi connectivity index (χ1n) is 11.0. The normalized spacial score (nSPS) is 19.8. The second-order valence-corrected chi connectivity index (χ2v) is 9.44. The van der Waals surface area contributed by atoms with E-state index in [0.717, 1.165) is 55.8 Å². The van der Waals surface area contributed by atoms with Crippen LogP contribution in [0.1, 0.15) is 23.3 Å². The molecule has 31 heavy (non-hydrogen) atoms. The minimum atomic E-state index is -0.0950. The third-order valence-corrected chi connectivity index (χ3v) is 7.51. The Bertz CT molecular complexity index is 1080. The molecule has 0 spiro atoms. The highest BCUT2D eigenvalue weighted by Crippen LogP contribution is 2.27. The Morgan fingerprint density at radius 3 is 2.48 bits per heavy atom. The molecule has 7 heteroatoms. The zero-order valence-electron chi connectivity index (χ0n) is 17.9. The molecule has 5 rings (SSSR count). The quantitative estimate of drug-likeness (QED) is 0.632. The van der Waals surface area contributed by atoms with E-state index in [1.54, 1.807) is 11.3 Å². The number of piperazine rings is 1. The molecule has 1 aromatic carbocycles. The van der Waals surface area contributed by atoms with Crippen LogP contribution in [0, 0.1) is 5.92 Å². The molecule has 2 aliphatic rings. The third kappa shape index (κ3) is 3.83. The van der Waals surface area contributed by atoms with E-state index >= 15 is 0 Å². The highest BCUT2D eigenvalue weighted by Gasteiger charge is 2.33. The molecule has 2 amide bonds. The topological polar surface area (TPSA) is 48.8 Å². The molecule has 4 heterocycles. The average molecular weight is 437 g/mol. The first-order valence-corrected chi connectivity index (χ1v) is 11.9. The molecule has 0 aliphatic carbocycles. The van der Waals surface area contributed by atoms with Crippen molar-refractivity contribution in [3.63, 3.8) is 0 Å². The first kappa shape index (κ1) is 20.1. The summed E-state index contributed by atoms with van der Waals surface area (Å²) in [4.78, 5) is 32.7. The lowest BCUT2D eigenvalue weighted by atomic mass is 9.96. The minimum Gasteiger partial charge on any atom is -0.368 e. The summed E-state index contributed by atoms with van der Waals surface area (Å²) in [5, 5.41) is 2.05. The van der Waals surface area contributed by atoms with E-state index in [9.17, 15) is 9.59 Å². The molecule has 0 unspecified atom stereocenters. The Kier molecular flexibility index (Phi) is 5.44. The van der Waals surface area contributed by atoms with Gasteiger partial charge in [0.2, 0.25) is 5.91 Å². The molecule has 0 radical (unpaired) electrons. The van der Waals surface area contributed by atoms with Crippen molar-refractivity contribution in [3.8, 4) is 0 Å². The highest BCUT2D eigenvalue weighted by molar-refractivity contribution is 7.17. The fourth-order valence-electron chi connectivity index (χ4n) is 4.86. The SMILES string of the molecule is Cn1c(C(=O)N2CCC[C@H](C(=O)N3CCN(c4ccccc4)CC3)C2)cc2sccc21. The maximum atomic E-state index is 13.2. The van der Waals surface area contributed by atoms with Gasteiger partial charge in [0.25, 0.3) is 5.91 Å². The van der Waals surface area contributed by atoms with E-state index in [4.69, 9.17) is 0 Å². The number of benzene rings is 1. The molecular formula is C24H28N4O2S. The van der Waals surface area contributed by atoms with Gasteiger partial charge in [-0.15, -0.1) is 11.3 Å². The summed E-state index contributed by atoms with van der Waals surface area (Å²) < 4.78 is 3.11. The van der Waals surface area contributed by atoms with Crippen LogP contribution < -0.4 is 4.90 Å². The van der Waals surface area contributed by atoms with Gasteiger partial charge in [0, 0.05) is 52.0 Å². The number of carbonyl (C=O) groups excluding carboxylic acids is 2. The van der Waals surface area contributed by atoms with E-state index in [1.165, 1.54) is 5.69 Å². The van der Waals surface area contributed by atoms with Gasteiger partial charge in [-0.05, 0) is 42.5 Å². The highest BCUT2D eigenvalue weighted by atomic mass is 32.1. The maximum absolute atomic E-state index is 13.2. The fraction of sp³-hybridized carbons (Fsp3) is 0.417. The maximum Gasteiger partial charge on any atom is 0.270 e. The summed E-state index contributed by atoms with van der Waals surface area (Å²) in [5.41, 5.74) is 3.02. The van der Waals surface area contributed by atoms with Crippen LogP contribution >= 0.6 is 11.3 Å². The van der Waals surface area contributed by atoms with Crippen molar-refractivity contribution in [2.75, 3.05) is 44.2 Å². The fourth-order valence-corrected chi connectivity index (χ4v) is 5.71. The van der Waals surface area contributed by atoms with Crippen LogP contribution in [0.25, 0.3) is 10.2 Å². The molecule has 6 nitrogen and oxygen atoms in total. The van der Waals surface area contributed by atoms with Crippen LogP contribution in [-0.4, -0.2) is 65.4 Å². The van der Waals surface area contributed by atoms with Crippen LogP contribution in [-0.2, 0) is 11.8 Å². The van der Waals surface area contributed by atoms with Crippen molar-refractivity contribution in [1.29, 1.82) is 0 Å². The number of piperidine rings is 1. The van der Waals surface area contributed by atoms with Crippen LogP contribution in [0.5, 0.6) is 0 Å². The van der Waals surface area contributed by atoms with Crippen LogP contribution in [0.4, 0.5) is 5.69 Å². The van der Waals surface area contributed by atoms with Crippen molar-refractivity contribution in [2.45, 2.75) is 12.8 Å². The molecule has 2 aromatic heterocycles. The summed E-state index contributed by atoms with van der Waals surface area (Å²) in [5.74, 6) is 0.151. The van der Waals surface area contributed by atoms with E-state index in [0.29, 0.717) is 12.2 Å². The number of likely N-dealkylation sites (tertiary alicyclic amines) is 1. The summed E-state index contributed by atoms with van der Waals surface area (Å²) in [7, 11) is 1.95. The number of nitrogens with zero attached hydrogens (tertiary/aromatic N) is 4. The second kappa shape index (κ2) is 8.38. The molecule has 2 saturated heterocycles. The van der Waals surface area contributed by atoms with Crippen LogP contribution in [0.2, 0.25) is 0 Å². The summed E-state index contributed by atoms with van der Waals surface area (Å²) in [6.45, 7) is 4.44. The summed E-state index contributed by atoms with van der Waals surface area (Å²) >= 11 is 1.65. The lowest BCUT2D eigenvalue weighted by Gasteiger charge is -2.39. The summed E-state index contributed by atoms with van der Waals surface area (Å²) in [6.07, 6.45) is 1.74. The monoisotopic (exact) mass is 436 g/mol. The predicted molar refractivity (Wildman–Crippen MR) is 125 cm³/mol. The first-order chi connectivity index (χ1) is 15.1. The Balaban J connectivity index is 1.22. The molecule has 0 saturated carbocycles. The van der Waals surface area contributed by atoms with Crippen molar-refractivity contribution < 1.29 is 9.59 Å². The number of hydrogen-bond donors (Lipinski definition) is 0.